The molecule has 0 bridgehead atoms. The molecule has 1 aliphatic heterocycles. The number of aliphatic hydroxyl groups excluding tert-OH is 2. The summed E-state index contributed by atoms with van der Waals surface area (Å²) in [6, 6.07) is 7.83. The normalized spacial score (nSPS) is 22.8. The third kappa shape index (κ3) is 4.99. The molecule has 3 atom stereocenters. The van der Waals surface area contributed by atoms with Crippen molar-refractivity contribution < 1.29 is 14.9 Å². The highest BCUT2D eigenvalue weighted by Crippen LogP contribution is 2.20. The number of rotatable bonds is 6. The molecular formula is C17H27NO3. The first-order valence-electron chi connectivity index (χ1n) is 7.83. The Kier molecular flexibility index (Phi) is 6.03. The van der Waals surface area contributed by atoms with Crippen LogP contribution in [0.25, 0.3) is 0 Å². The lowest BCUT2D eigenvalue weighted by molar-refractivity contribution is 0.0243. The minimum absolute atomic E-state index is 0.270. The maximum Gasteiger partial charge on any atom is 0.122 e. The molecule has 2 rings (SSSR count). The summed E-state index contributed by atoms with van der Waals surface area (Å²) in [6.07, 6.45) is 1.38. The Labute approximate surface area is 127 Å². The van der Waals surface area contributed by atoms with Gasteiger partial charge in [0.2, 0.25) is 0 Å². The maximum absolute atomic E-state index is 10.1. The number of aryl methyl sites for hydroxylation is 1. The van der Waals surface area contributed by atoms with Gasteiger partial charge in [-0.25, -0.2) is 0 Å². The van der Waals surface area contributed by atoms with Gasteiger partial charge in [-0.1, -0.05) is 18.2 Å². The van der Waals surface area contributed by atoms with E-state index in [2.05, 4.69) is 4.90 Å². The van der Waals surface area contributed by atoms with Gasteiger partial charge in [0.15, 0.2) is 0 Å². The summed E-state index contributed by atoms with van der Waals surface area (Å²) < 4.78 is 5.69. The highest BCUT2D eigenvalue weighted by Gasteiger charge is 2.24. The fraction of sp³-hybridized carbons (Fsp3) is 0.647. The summed E-state index contributed by atoms with van der Waals surface area (Å²) in [6.45, 7) is 6.62. The zero-order valence-electron chi connectivity index (χ0n) is 13.0. The Morgan fingerprint density at radius 3 is 2.81 bits per heavy atom. The smallest absolute Gasteiger partial charge is 0.122 e. The second kappa shape index (κ2) is 7.78. The van der Waals surface area contributed by atoms with Crippen molar-refractivity contribution in [2.24, 2.45) is 5.92 Å². The molecule has 1 saturated heterocycles. The van der Waals surface area contributed by atoms with Crippen molar-refractivity contribution in [1.29, 1.82) is 0 Å². The van der Waals surface area contributed by atoms with Crippen LogP contribution in [0.2, 0.25) is 0 Å². The monoisotopic (exact) mass is 293 g/mol. The summed E-state index contributed by atoms with van der Waals surface area (Å²) in [7, 11) is 0. The molecule has 2 N–H and O–H groups in total. The molecule has 4 heteroatoms. The van der Waals surface area contributed by atoms with Gasteiger partial charge >= 0.3 is 0 Å². The predicted molar refractivity (Wildman–Crippen MR) is 83.5 cm³/mol. The summed E-state index contributed by atoms with van der Waals surface area (Å²) in [4.78, 5) is 2.23. The van der Waals surface area contributed by atoms with Crippen LogP contribution in [0.3, 0.4) is 0 Å². The lowest BCUT2D eigenvalue weighted by atomic mass is 9.93. The van der Waals surface area contributed by atoms with Crippen molar-refractivity contribution in [2.75, 3.05) is 26.2 Å². The summed E-state index contributed by atoms with van der Waals surface area (Å²) >= 11 is 0. The largest absolute Gasteiger partial charge is 0.491 e. The zero-order chi connectivity index (χ0) is 15.2. The van der Waals surface area contributed by atoms with E-state index in [9.17, 15) is 10.2 Å². The Morgan fingerprint density at radius 1 is 1.33 bits per heavy atom. The van der Waals surface area contributed by atoms with Crippen LogP contribution in [0.15, 0.2) is 24.3 Å². The topological polar surface area (TPSA) is 52.9 Å². The van der Waals surface area contributed by atoms with Gasteiger partial charge in [0.25, 0.3) is 0 Å². The number of likely N-dealkylation sites (tertiary alicyclic amines) is 1. The van der Waals surface area contributed by atoms with Gasteiger partial charge in [-0.3, -0.25) is 0 Å². The highest BCUT2D eigenvalue weighted by atomic mass is 16.5. The van der Waals surface area contributed by atoms with E-state index < -0.39 is 6.10 Å². The van der Waals surface area contributed by atoms with Crippen LogP contribution < -0.4 is 4.74 Å². The van der Waals surface area contributed by atoms with Crippen molar-refractivity contribution in [3.8, 4) is 5.75 Å². The Hall–Kier alpha value is -1.10. The van der Waals surface area contributed by atoms with Crippen LogP contribution in [-0.4, -0.2) is 53.6 Å². The van der Waals surface area contributed by atoms with E-state index in [1.54, 1.807) is 0 Å². The van der Waals surface area contributed by atoms with Crippen molar-refractivity contribution in [3.63, 3.8) is 0 Å². The van der Waals surface area contributed by atoms with E-state index in [1.807, 2.05) is 38.1 Å². The van der Waals surface area contributed by atoms with E-state index in [0.29, 0.717) is 19.1 Å². The van der Waals surface area contributed by atoms with Crippen LogP contribution in [-0.2, 0) is 0 Å². The highest BCUT2D eigenvalue weighted by molar-refractivity contribution is 5.31. The number of para-hydroxylation sites is 1. The number of hydrogen-bond acceptors (Lipinski definition) is 4. The molecule has 0 aromatic heterocycles. The van der Waals surface area contributed by atoms with E-state index in [0.717, 1.165) is 37.2 Å². The molecule has 1 aromatic carbocycles. The molecule has 1 aromatic rings. The van der Waals surface area contributed by atoms with E-state index in [-0.39, 0.29) is 6.10 Å². The molecule has 4 nitrogen and oxygen atoms in total. The fourth-order valence-corrected chi connectivity index (χ4v) is 2.91. The van der Waals surface area contributed by atoms with Crippen LogP contribution in [0.4, 0.5) is 0 Å². The first-order valence-corrected chi connectivity index (χ1v) is 7.83. The number of aliphatic hydroxyl groups is 2. The Balaban J connectivity index is 1.76. The van der Waals surface area contributed by atoms with Gasteiger partial charge in [0, 0.05) is 13.1 Å². The molecule has 0 radical (unpaired) electrons. The fourth-order valence-electron chi connectivity index (χ4n) is 2.91. The summed E-state index contributed by atoms with van der Waals surface area (Å²) in [5.41, 5.74) is 1.08. The first kappa shape index (κ1) is 16.3. The minimum Gasteiger partial charge on any atom is -0.491 e. The molecule has 1 heterocycles. The standard InChI is InChI=1S/C17H27NO3/c1-13-6-3-4-8-17(13)21-12-16(20)11-18-9-5-7-15(10-18)14(2)19/h3-4,6,8,14-16,19-20H,5,7,9-12H2,1-2H3. The van der Waals surface area contributed by atoms with Gasteiger partial charge in [0.05, 0.1) is 6.10 Å². The van der Waals surface area contributed by atoms with Gasteiger partial charge in [-0.05, 0) is 50.8 Å². The first-order chi connectivity index (χ1) is 10.1. The minimum atomic E-state index is -0.502. The Bertz CT molecular complexity index is 436. The molecule has 3 unspecified atom stereocenters. The lowest BCUT2D eigenvalue weighted by Gasteiger charge is -2.35. The van der Waals surface area contributed by atoms with Crippen LogP contribution in [0.5, 0.6) is 5.75 Å². The molecular weight excluding hydrogens is 266 g/mol. The third-order valence-corrected chi connectivity index (χ3v) is 4.22. The van der Waals surface area contributed by atoms with Crippen LogP contribution in [0, 0.1) is 12.8 Å². The molecule has 1 aliphatic rings. The average molecular weight is 293 g/mol. The summed E-state index contributed by atoms with van der Waals surface area (Å²) in [5, 5.41) is 19.8. The summed E-state index contributed by atoms with van der Waals surface area (Å²) in [5.74, 6) is 1.15. The quantitative estimate of drug-likeness (QED) is 0.840. The predicted octanol–water partition coefficient (Wildman–Crippen LogP) is 1.83. The van der Waals surface area contributed by atoms with Crippen molar-refractivity contribution >= 4 is 0 Å². The van der Waals surface area contributed by atoms with Crippen LogP contribution >= 0.6 is 0 Å². The third-order valence-electron chi connectivity index (χ3n) is 4.22. The Morgan fingerprint density at radius 2 is 2.10 bits per heavy atom. The number of nitrogens with zero attached hydrogens (tertiary/aromatic N) is 1. The van der Waals surface area contributed by atoms with Gasteiger partial charge in [0.1, 0.15) is 18.5 Å². The SMILES string of the molecule is Cc1ccccc1OCC(O)CN1CCCC(C(C)O)C1. The van der Waals surface area contributed by atoms with Gasteiger partial charge in [-0.2, -0.15) is 0 Å². The van der Waals surface area contributed by atoms with Crippen molar-refractivity contribution in [2.45, 2.75) is 38.9 Å². The average Bonchev–Trinajstić information content (AvgIpc) is 2.46. The number of benzene rings is 1. The molecule has 1 fully saturated rings. The number of hydrogen-bond donors (Lipinski definition) is 2. The molecule has 0 saturated carbocycles. The molecule has 118 valence electrons. The molecule has 0 amide bonds. The second-order valence-electron chi connectivity index (χ2n) is 6.13. The number of β-amino-alcohol motifs (C(OH)–C–C–N with tert-alkyl or cyclic N) is 1. The molecule has 0 spiro atoms. The van der Waals surface area contributed by atoms with E-state index in [1.165, 1.54) is 0 Å². The number of piperidine rings is 1. The van der Waals surface area contributed by atoms with E-state index in [4.69, 9.17) is 4.74 Å². The van der Waals surface area contributed by atoms with Crippen molar-refractivity contribution in [3.05, 3.63) is 29.8 Å². The lowest BCUT2D eigenvalue weighted by Crippen LogP contribution is -2.44. The molecule has 0 aliphatic carbocycles. The van der Waals surface area contributed by atoms with Gasteiger partial charge in [-0.15, -0.1) is 0 Å². The second-order valence-corrected chi connectivity index (χ2v) is 6.13. The zero-order valence-corrected chi connectivity index (χ0v) is 13.0. The maximum atomic E-state index is 10.1. The van der Waals surface area contributed by atoms with E-state index >= 15 is 0 Å². The van der Waals surface area contributed by atoms with Crippen LogP contribution in [0.1, 0.15) is 25.3 Å². The van der Waals surface area contributed by atoms with Gasteiger partial charge < -0.3 is 19.8 Å². The van der Waals surface area contributed by atoms with Crippen molar-refractivity contribution in [1.82, 2.24) is 4.90 Å². The number of ether oxygens (including phenoxy) is 1. The molecule has 21 heavy (non-hydrogen) atoms.